The molecule has 40 heavy (non-hydrogen) atoms. The number of hydrogen-bond donors (Lipinski definition) is 0. The molecule has 5 nitrogen and oxygen atoms in total. The molecule has 4 saturated carbocycles. The summed E-state index contributed by atoms with van der Waals surface area (Å²) in [6, 6.07) is 7.28. The number of rotatable bonds is 3. The molecule has 6 fully saturated rings. The number of ether oxygens (including phenoxy) is 4. The lowest BCUT2D eigenvalue weighted by Crippen LogP contribution is -2.55. The van der Waals surface area contributed by atoms with Crippen LogP contribution < -0.4 is 4.74 Å². The van der Waals surface area contributed by atoms with Gasteiger partial charge in [-0.25, -0.2) is 4.79 Å². The molecule has 5 heteroatoms. The Hall–Kier alpha value is -1.59. The zero-order valence-corrected chi connectivity index (χ0v) is 25.3. The van der Waals surface area contributed by atoms with E-state index < -0.39 is 0 Å². The van der Waals surface area contributed by atoms with Crippen molar-refractivity contribution >= 4 is 5.97 Å². The second-order valence-corrected chi connectivity index (χ2v) is 15.2. The zero-order chi connectivity index (χ0) is 27.9. The summed E-state index contributed by atoms with van der Waals surface area (Å²) in [5.41, 5.74) is 1.35. The van der Waals surface area contributed by atoms with Gasteiger partial charge in [0.2, 0.25) is 0 Å². The van der Waals surface area contributed by atoms with Gasteiger partial charge >= 0.3 is 5.97 Å². The van der Waals surface area contributed by atoms with Crippen molar-refractivity contribution in [3.63, 3.8) is 0 Å². The van der Waals surface area contributed by atoms with E-state index in [1.165, 1.54) is 44.9 Å². The van der Waals surface area contributed by atoms with E-state index in [-0.39, 0.29) is 17.9 Å². The van der Waals surface area contributed by atoms with Crippen molar-refractivity contribution in [1.29, 1.82) is 0 Å². The Labute approximate surface area is 241 Å². The normalized spacial score (nSPS) is 49.5. The Balaban J connectivity index is 1.03. The highest BCUT2D eigenvalue weighted by molar-refractivity contribution is 5.89. The van der Waals surface area contributed by atoms with Crippen LogP contribution in [0.4, 0.5) is 0 Å². The van der Waals surface area contributed by atoms with Crippen molar-refractivity contribution in [2.24, 2.45) is 52.3 Å². The first-order valence-electron chi connectivity index (χ1n) is 16.3. The average Bonchev–Trinajstić information content (AvgIpc) is 3.40. The van der Waals surface area contributed by atoms with Gasteiger partial charge in [-0.3, -0.25) is 0 Å². The second kappa shape index (κ2) is 9.73. The maximum absolute atomic E-state index is 12.9. The number of carbonyl (C=O) groups is 1. The van der Waals surface area contributed by atoms with Gasteiger partial charge in [-0.15, -0.1) is 0 Å². The fourth-order valence-corrected chi connectivity index (χ4v) is 11.3. The fourth-order valence-electron chi connectivity index (χ4n) is 11.3. The highest BCUT2D eigenvalue weighted by Crippen LogP contribution is 2.71. The molecule has 1 aromatic carbocycles. The molecule has 0 N–H and O–H groups in total. The largest absolute Gasteiger partial charge is 0.497 e. The van der Waals surface area contributed by atoms with Crippen molar-refractivity contribution in [1.82, 2.24) is 0 Å². The monoisotopic (exact) mass is 550 g/mol. The van der Waals surface area contributed by atoms with Gasteiger partial charge in [0, 0.05) is 12.3 Å². The van der Waals surface area contributed by atoms with Gasteiger partial charge in [0.15, 0.2) is 5.79 Å². The van der Waals surface area contributed by atoms with Crippen molar-refractivity contribution in [2.45, 2.75) is 110 Å². The predicted molar refractivity (Wildman–Crippen MR) is 154 cm³/mol. The molecule has 0 aromatic heterocycles. The van der Waals surface area contributed by atoms with Crippen LogP contribution in [0.1, 0.15) is 102 Å². The number of carbonyl (C=O) groups excluding carboxylic acids is 1. The number of benzene rings is 1. The van der Waals surface area contributed by atoms with Crippen molar-refractivity contribution in [3.8, 4) is 5.75 Å². The molecule has 0 bridgehead atoms. The molecule has 0 unspecified atom stereocenters. The summed E-state index contributed by atoms with van der Waals surface area (Å²) in [6.45, 7) is 10.8. The van der Waals surface area contributed by atoms with Crippen LogP contribution in [-0.4, -0.2) is 37.7 Å². The van der Waals surface area contributed by atoms with Crippen LogP contribution in [0.3, 0.4) is 0 Å². The molecule has 6 aliphatic rings. The molecular formula is C35H50O5. The fraction of sp³-hybridized carbons (Fsp3) is 0.800. The minimum absolute atomic E-state index is 0.0348. The third kappa shape index (κ3) is 4.03. The van der Waals surface area contributed by atoms with Gasteiger partial charge in [0.1, 0.15) is 11.9 Å². The summed E-state index contributed by atoms with van der Waals surface area (Å²) in [7, 11) is 1.64. The first-order chi connectivity index (χ1) is 19.2. The Kier molecular flexibility index (Phi) is 6.63. The van der Waals surface area contributed by atoms with Crippen LogP contribution in [0.2, 0.25) is 0 Å². The van der Waals surface area contributed by atoms with E-state index in [9.17, 15) is 4.79 Å². The molecular weight excluding hydrogens is 500 g/mol. The van der Waals surface area contributed by atoms with Gasteiger partial charge in [-0.05, 0) is 128 Å². The van der Waals surface area contributed by atoms with Crippen LogP contribution in [0.5, 0.6) is 5.75 Å². The lowest BCUT2D eigenvalue weighted by molar-refractivity contribution is -0.273. The van der Waals surface area contributed by atoms with E-state index in [0.717, 1.165) is 49.4 Å². The highest BCUT2D eigenvalue weighted by atomic mass is 16.7. The van der Waals surface area contributed by atoms with E-state index in [1.54, 1.807) is 7.11 Å². The van der Waals surface area contributed by atoms with Crippen LogP contribution >= 0.6 is 0 Å². The number of hydrogen-bond acceptors (Lipinski definition) is 5. The van der Waals surface area contributed by atoms with Gasteiger partial charge in [-0.2, -0.15) is 0 Å². The molecule has 12 atom stereocenters. The second-order valence-electron chi connectivity index (χ2n) is 15.2. The lowest BCUT2D eigenvalue weighted by Gasteiger charge is -2.61. The van der Waals surface area contributed by atoms with Crippen molar-refractivity contribution in [2.75, 3.05) is 13.7 Å². The van der Waals surface area contributed by atoms with Gasteiger partial charge < -0.3 is 18.9 Å². The van der Waals surface area contributed by atoms with Gasteiger partial charge in [0.25, 0.3) is 0 Å². The summed E-state index contributed by atoms with van der Waals surface area (Å²) in [6.07, 6.45) is 12.4. The number of fused-ring (bicyclic) bond motifs is 7. The average molecular weight is 551 g/mol. The standard InChI is InChI=1S/C35H50O5/c1-21-12-17-35(38-20-21)22(2)31-30(40-35)19-29-27-11-8-24-18-26(39-32(36)23-6-9-25(37-5)10-7-23)13-15-33(24,3)28(27)14-16-34(29,31)4/h6-7,9-10,21-22,24,26-31H,8,11-20H2,1-5H3/t21-,22+,24+,26-,27-,28+,29+,30+,31+,33+,34+,35-/m1/s1. The molecule has 0 radical (unpaired) electrons. The molecule has 1 spiro atoms. The molecule has 2 saturated heterocycles. The lowest BCUT2D eigenvalue weighted by atomic mass is 9.44. The van der Waals surface area contributed by atoms with E-state index >= 15 is 0 Å². The third-order valence-corrected chi connectivity index (χ3v) is 13.5. The molecule has 2 heterocycles. The Morgan fingerprint density at radius 3 is 2.40 bits per heavy atom. The summed E-state index contributed by atoms with van der Waals surface area (Å²) >= 11 is 0. The molecule has 0 amide bonds. The first-order valence-corrected chi connectivity index (χ1v) is 16.3. The minimum atomic E-state index is -0.321. The Morgan fingerprint density at radius 2 is 1.68 bits per heavy atom. The van der Waals surface area contributed by atoms with Crippen LogP contribution in [0.25, 0.3) is 0 Å². The van der Waals surface area contributed by atoms with E-state index in [4.69, 9.17) is 18.9 Å². The summed E-state index contributed by atoms with van der Waals surface area (Å²) in [5.74, 6) is 5.03. The number of esters is 1. The minimum Gasteiger partial charge on any atom is -0.497 e. The van der Waals surface area contributed by atoms with Crippen LogP contribution in [0, 0.1) is 52.3 Å². The van der Waals surface area contributed by atoms with Gasteiger partial charge in [0.05, 0.1) is 25.4 Å². The Morgan fingerprint density at radius 1 is 0.900 bits per heavy atom. The van der Waals surface area contributed by atoms with Crippen molar-refractivity contribution in [3.05, 3.63) is 29.8 Å². The summed E-state index contributed by atoms with van der Waals surface area (Å²) < 4.78 is 24.8. The summed E-state index contributed by atoms with van der Waals surface area (Å²) in [4.78, 5) is 12.9. The molecule has 7 rings (SSSR count). The smallest absolute Gasteiger partial charge is 0.338 e. The zero-order valence-electron chi connectivity index (χ0n) is 25.3. The quantitative estimate of drug-likeness (QED) is 0.362. The SMILES string of the molecule is COc1ccc(C(=O)O[C@@H]2CC[C@@]3(C)[C@@H](CC[C@@H]4[C@@H]3CC[C@]3(C)[C@@H]5[C@H](C[C@@H]43)O[C@]3(CC[C@@H](C)CO3)[C@H]5C)C2)cc1. The summed E-state index contributed by atoms with van der Waals surface area (Å²) in [5, 5.41) is 0. The van der Waals surface area contributed by atoms with Gasteiger partial charge in [-0.1, -0.05) is 27.7 Å². The topological polar surface area (TPSA) is 54.0 Å². The maximum atomic E-state index is 12.9. The molecule has 1 aromatic rings. The maximum Gasteiger partial charge on any atom is 0.338 e. The molecule has 4 aliphatic carbocycles. The first kappa shape index (κ1) is 27.3. The third-order valence-electron chi connectivity index (χ3n) is 13.5. The predicted octanol–water partition coefficient (Wildman–Crippen LogP) is 7.67. The van der Waals surface area contributed by atoms with E-state index in [2.05, 4.69) is 27.7 Å². The van der Waals surface area contributed by atoms with Crippen LogP contribution in [0.15, 0.2) is 24.3 Å². The highest BCUT2D eigenvalue weighted by Gasteiger charge is 2.69. The van der Waals surface area contributed by atoms with E-state index in [1.807, 2.05) is 24.3 Å². The van der Waals surface area contributed by atoms with Crippen molar-refractivity contribution < 1.29 is 23.7 Å². The molecule has 2 aliphatic heterocycles. The Bertz CT molecular complexity index is 1110. The molecule has 220 valence electrons. The van der Waals surface area contributed by atoms with Crippen LogP contribution in [-0.2, 0) is 14.2 Å². The van der Waals surface area contributed by atoms with E-state index in [0.29, 0.717) is 46.2 Å². The number of methoxy groups -OCH3 is 1.